The second kappa shape index (κ2) is 5.14. The van der Waals surface area contributed by atoms with Crippen LogP contribution in [0.1, 0.15) is 0 Å². The van der Waals surface area contributed by atoms with Crippen LogP contribution in [-0.2, 0) is 14.5 Å². The minimum absolute atomic E-state index is 0. The van der Waals surface area contributed by atoms with Gasteiger partial charge in [0.2, 0.25) is 0 Å². The Morgan fingerprint density at radius 3 is 2.38 bits per heavy atom. The minimum atomic E-state index is -4.13. The zero-order chi connectivity index (χ0) is 9.19. The summed E-state index contributed by atoms with van der Waals surface area (Å²) in [4.78, 5) is -0.301. The van der Waals surface area contributed by atoms with Crippen LogP contribution in [0.15, 0.2) is 29.2 Å². The topological polar surface area (TPSA) is 83.8 Å². The van der Waals surface area contributed by atoms with Gasteiger partial charge in [-0.1, -0.05) is 6.07 Å². The summed E-state index contributed by atoms with van der Waals surface area (Å²) in [6.45, 7) is 0. The van der Waals surface area contributed by atoms with Crippen LogP contribution in [0, 0.1) is 0 Å². The molecule has 0 amide bonds. The van der Waals surface area contributed by atoms with Crippen molar-refractivity contribution in [1.82, 2.24) is 0 Å². The van der Waals surface area contributed by atoms with Crippen LogP contribution in [0.4, 0.5) is 0 Å². The number of phenolic OH excluding ortho intramolecular Hbond substituents is 1. The zero-order valence-electron chi connectivity index (χ0n) is 5.84. The molecule has 0 aliphatic heterocycles. The first-order valence-corrected chi connectivity index (χ1v) is 4.34. The van der Waals surface area contributed by atoms with Crippen LogP contribution >= 0.6 is 0 Å². The molecule has 0 saturated carbocycles. The summed E-state index contributed by atoms with van der Waals surface area (Å²) in [5.41, 5.74) is 0. The van der Waals surface area contributed by atoms with E-state index in [-0.39, 0.29) is 48.4 Å². The van der Waals surface area contributed by atoms with Crippen molar-refractivity contribution in [3.05, 3.63) is 24.3 Å². The Balaban J connectivity index is 0.00000144. The van der Waals surface area contributed by atoms with Crippen molar-refractivity contribution in [2.75, 3.05) is 0 Å². The van der Waals surface area contributed by atoms with Gasteiger partial charge in [0.25, 0.3) is 0 Å². The van der Waals surface area contributed by atoms with Gasteiger partial charge in [0.05, 0.1) is 0 Å². The molecule has 0 aliphatic carbocycles. The van der Waals surface area contributed by atoms with Gasteiger partial charge in [-0.05, 0) is 12.1 Å². The Morgan fingerprint density at radius 2 is 1.92 bits per heavy atom. The zero-order valence-corrected chi connectivity index (χ0v) is 6.65. The van der Waals surface area contributed by atoms with Crippen molar-refractivity contribution in [2.24, 2.45) is 0 Å². The SMILES string of the molecule is O=S(=O)(OO)c1cccc(O)c1.[CaH2]. The van der Waals surface area contributed by atoms with Gasteiger partial charge in [-0.2, -0.15) is 8.42 Å². The van der Waals surface area contributed by atoms with Crippen LogP contribution in [-0.4, -0.2) is 56.5 Å². The summed E-state index contributed by atoms with van der Waals surface area (Å²) in [6, 6.07) is 4.77. The van der Waals surface area contributed by atoms with Crippen LogP contribution < -0.4 is 0 Å². The van der Waals surface area contributed by atoms with Crippen molar-refractivity contribution < 1.29 is 23.1 Å². The molecule has 70 valence electrons. The normalized spacial score (nSPS) is 10.5. The number of rotatable bonds is 2. The quantitative estimate of drug-likeness (QED) is 0.414. The third-order valence-electron chi connectivity index (χ3n) is 1.20. The first kappa shape index (κ1) is 13.1. The van der Waals surface area contributed by atoms with E-state index in [0.717, 1.165) is 6.07 Å². The van der Waals surface area contributed by atoms with E-state index in [1.165, 1.54) is 18.2 Å². The Bertz CT molecular complexity index is 374. The van der Waals surface area contributed by atoms with Gasteiger partial charge in [0.1, 0.15) is 10.6 Å². The molecule has 5 nitrogen and oxygen atoms in total. The molecule has 0 bridgehead atoms. The van der Waals surface area contributed by atoms with Crippen LogP contribution in [0.5, 0.6) is 5.75 Å². The molecule has 7 heteroatoms. The molecule has 0 saturated heterocycles. The fourth-order valence-electron chi connectivity index (χ4n) is 0.682. The molecule has 0 atom stereocenters. The number of aromatic hydroxyl groups is 1. The summed E-state index contributed by atoms with van der Waals surface area (Å²) in [5, 5.41) is 16.8. The van der Waals surface area contributed by atoms with Gasteiger partial charge >= 0.3 is 47.9 Å². The summed E-state index contributed by atoms with van der Waals surface area (Å²) in [6.07, 6.45) is 0. The number of hydrogen-bond acceptors (Lipinski definition) is 5. The molecular weight excluding hydrogens is 224 g/mol. The molecule has 1 aromatic rings. The van der Waals surface area contributed by atoms with Gasteiger partial charge in [-0.25, -0.2) is 5.26 Å². The molecule has 0 unspecified atom stereocenters. The van der Waals surface area contributed by atoms with Gasteiger partial charge in [0, 0.05) is 6.07 Å². The Labute approximate surface area is 105 Å². The van der Waals surface area contributed by atoms with E-state index < -0.39 is 10.1 Å². The maximum absolute atomic E-state index is 10.8. The summed E-state index contributed by atoms with van der Waals surface area (Å²) >= 11 is 0. The average Bonchev–Trinajstić information content (AvgIpc) is 2.05. The Kier molecular flexibility index (Phi) is 5.19. The third kappa shape index (κ3) is 3.41. The fourth-order valence-corrected chi connectivity index (χ4v) is 1.28. The van der Waals surface area contributed by atoms with E-state index in [1.54, 1.807) is 0 Å². The predicted molar refractivity (Wildman–Crippen MR) is 47.6 cm³/mol. The first-order valence-electron chi connectivity index (χ1n) is 2.93. The number of benzene rings is 1. The number of hydrogen-bond donors (Lipinski definition) is 2. The van der Waals surface area contributed by atoms with E-state index in [0.29, 0.717) is 0 Å². The monoisotopic (exact) mass is 232 g/mol. The Morgan fingerprint density at radius 1 is 1.31 bits per heavy atom. The van der Waals surface area contributed by atoms with Crippen molar-refractivity contribution in [2.45, 2.75) is 4.90 Å². The predicted octanol–water partition coefficient (Wildman–Crippen LogP) is -0.346. The van der Waals surface area contributed by atoms with Crippen LogP contribution in [0.2, 0.25) is 0 Å². The molecule has 13 heavy (non-hydrogen) atoms. The van der Waals surface area contributed by atoms with E-state index in [2.05, 4.69) is 4.33 Å². The van der Waals surface area contributed by atoms with Crippen molar-refractivity contribution in [3.8, 4) is 5.75 Å². The molecular formula is C6H8CaO5S. The number of phenols is 1. The summed E-state index contributed by atoms with van der Waals surface area (Å²) in [5.74, 6) is -0.215. The molecule has 1 rings (SSSR count). The summed E-state index contributed by atoms with van der Waals surface area (Å²) < 4.78 is 24.8. The van der Waals surface area contributed by atoms with E-state index >= 15 is 0 Å². The molecule has 0 aliphatic rings. The second-order valence-corrected chi connectivity index (χ2v) is 3.55. The molecule has 0 heterocycles. The van der Waals surface area contributed by atoms with E-state index in [1.807, 2.05) is 0 Å². The van der Waals surface area contributed by atoms with Crippen LogP contribution in [0.25, 0.3) is 0 Å². The van der Waals surface area contributed by atoms with Crippen LogP contribution in [0.3, 0.4) is 0 Å². The van der Waals surface area contributed by atoms with Gasteiger partial charge in [-0.3, -0.25) is 0 Å². The molecule has 2 N–H and O–H groups in total. The molecule has 1 aromatic carbocycles. The first-order chi connectivity index (χ1) is 5.56. The van der Waals surface area contributed by atoms with Crippen molar-refractivity contribution >= 4 is 47.9 Å². The molecule has 0 spiro atoms. The van der Waals surface area contributed by atoms with Gasteiger partial charge in [0.15, 0.2) is 0 Å². The third-order valence-corrected chi connectivity index (χ3v) is 2.23. The van der Waals surface area contributed by atoms with Gasteiger partial charge < -0.3 is 5.11 Å². The second-order valence-electron chi connectivity index (χ2n) is 2.03. The molecule has 0 aromatic heterocycles. The molecule has 0 radical (unpaired) electrons. The van der Waals surface area contributed by atoms with Crippen molar-refractivity contribution in [1.29, 1.82) is 0 Å². The van der Waals surface area contributed by atoms with Crippen molar-refractivity contribution in [3.63, 3.8) is 0 Å². The van der Waals surface area contributed by atoms with E-state index in [9.17, 15) is 8.42 Å². The standard InChI is InChI=1S/C6H6O5S.Ca.2H/c7-5-2-1-3-6(4-5)12(9,10)11-8;;;/h1-4,7-8H;;;. The Hall–Kier alpha value is 0.150. The fraction of sp³-hybridized carbons (Fsp3) is 0. The molecule has 0 fully saturated rings. The van der Waals surface area contributed by atoms with E-state index in [4.69, 9.17) is 10.4 Å². The maximum atomic E-state index is 10.8. The summed E-state index contributed by atoms with van der Waals surface area (Å²) in [7, 11) is -4.13. The average molecular weight is 232 g/mol. The van der Waals surface area contributed by atoms with Gasteiger partial charge in [-0.15, -0.1) is 4.33 Å².